The van der Waals surface area contributed by atoms with Crippen molar-refractivity contribution >= 4 is 0 Å². The second kappa shape index (κ2) is 5.61. The molecule has 2 aromatic heterocycles. The fraction of sp³-hybridized carbons (Fsp3) is 0.600. The molecule has 0 bridgehead atoms. The van der Waals surface area contributed by atoms with Gasteiger partial charge in [0.15, 0.2) is 0 Å². The van der Waals surface area contributed by atoms with Crippen LogP contribution in [0.2, 0.25) is 0 Å². The molecule has 1 unspecified atom stereocenters. The number of imidazole rings is 2. The predicted molar refractivity (Wildman–Crippen MR) is 79.4 cm³/mol. The second-order valence-corrected chi connectivity index (χ2v) is 5.98. The normalized spacial score (nSPS) is 24.1. The third-order valence-corrected chi connectivity index (χ3v) is 4.43. The van der Waals surface area contributed by atoms with Gasteiger partial charge in [0, 0.05) is 45.4 Å². The van der Waals surface area contributed by atoms with Gasteiger partial charge in [0.1, 0.15) is 17.2 Å². The minimum atomic E-state index is -0.811. The van der Waals surface area contributed by atoms with Gasteiger partial charge in [0.25, 0.3) is 0 Å². The third-order valence-electron chi connectivity index (χ3n) is 4.43. The van der Waals surface area contributed by atoms with Crippen LogP contribution in [-0.2, 0) is 26.2 Å². The second-order valence-electron chi connectivity index (χ2n) is 5.98. The van der Waals surface area contributed by atoms with Gasteiger partial charge in [-0.15, -0.1) is 0 Å². The molecule has 1 N–H and O–H groups in total. The van der Waals surface area contributed by atoms with Crippen LogP contribution in [0, 0.1) is 0 Å². The lowest BCUT2D eigenvalue weighted by Crippen LogP contribution is -2.31. The molecule has 1 fully saturated rings. The summed E-state index contributed by atoms with van der Waals surface area (Å²) >= 11 is 0. The molecule has 3 heterocycles. The number of hydrogen-bond acceptors (Lipinski definition) is 4. The van der Waals surface area contributed by atoms with Crippen LogP contribution in [0.25, 0.3) is 0 Å². The first-order valence-corrected chi connectivity index (χ1v) is 7.47. The minimum Gasteiger partial charge on any atom is -0.382 e. The lowest BCUT2D eigenvalue weighted by atomic mass is 9.94. The molecule has 0 aliphatic carbocycles. The number of aryl methyl sites for hydroxylation is 2. The molecule has 1 saturated heterocycles. The first-order chi connectivity index (χ1) is 10.1. The van der Waals surface area contributed by atoms with Gasteiger partial charge in [-0.1, -0.05) is 0 Å². The van der Waals surface area contributed by atoms with Crippen LogP contribution in [0.3, 0.4) is 0 Å². The highest BCUT2D eigenvalue weighted by Gasteiger charge is 2.35. The van der Waals surface area contributed by atoms with E-state index >= 15 is 0 Å². The molecule has 0 amide bonds. The SMILES string of the molecule is Cn1ccnc1CN1CCCC(O)(c2nccn2C)CC1. The Morgan fingerprint density at radius 2 is 1.86 bits per heavy atom. The van der Waals surface area contributed by atoms with E-state index in [4.69, 9.17) is 0 Å². The van der Waals surface area contributed by atoms with Crippen LogP contribution in [-0.4, -0.2) is 42.2 Å². The molecule has 3 rings (SSSR count). The van der Waals surface area contributed by atoms with Crippen molar-refractivity contribution in [3.8, 4) is 0 Å². The highest BCUT2D eigenvalue weighted by Crippen LogP contribution is 2.31. The summed E-state index contributed by atoms with van der Waals surface area (Å²) in [5.41, 5.74) is -0.811. The van der Waals surface area contributed by atoms with E-state index in [1.54, 1.807) is 6.20 Å². The van der Waals surface area contributed by atoms with Crippen LogP contribution in [0.15, 0.2) is 24.8 Å². The zero-order chi connectivity index (χ0) is 14.9. The first kappa shape index (κ1) is 14.3. The van der Waals surface area contributed by atoms with Crippen LogP contribution >= 0.6 is 0 Å². The summed E-state index contributed by atoms with van der Waals surface area (Å²) in [6.45, 7) is 2.68. The quantitative estimate of drug-likeness (QED) is 0.917. The van der Waals surface area contributed by atoms with Crippen LogP contribution in [0.5, 0.6) is 0 Å². The van der Waals surface area contributed by atoms with Crippen molar-refractivity contribution in [3.05, 3.63) is 36.4 Å². The number of rotatable bonds is 3. The minimum absolute atomic E-state index is 0.711. The van der Waals surface area contributed by atoms with E-state index in [2.05, 4.69) is 19.4 Å². The van der Waals surface area contributed by atoms with Gasteiger partial charge in [0.05, 0.1) is 6.54 Å². The summed E-state index contributed by atoms with van der Waals surface area (Å²) in [6, 6.07) is 0. The Labute approximate surface area is 125 Å². The Bertz CT molecular complexity index is 605. The maximum absolute atomic E-state index is 11.0. The van der Waals surface area contributed by atoms with Gasteiger partial charge in [-0.2, -0.15) is 0 Å². The summed E-state index contributed by atoms with van der Waals surface area (Å²) in [5, 5.41) is 11.0. The first-order valence-electron chi connectivity index (χ1n) is 7.47. The zero-order valence-electron chi connectivity index (χ0n) is 12.7. The predicted octanol–water partition coefficient (Wildman–Crippen LogP) is 1.03. The Morgan fingerprint density at radius 1 is 1.10 bits per heavy atom. The lowest BCUT2D eigenvalue weighted by molar-refractivity contribution is 0.00965. The maximum atomic E-state index is 11.0. The molecule has 1 atom stereocenters. The molecule has 21 heavy (non-hydrogen) atoms. The molecule has 1 aliphatic heterocycles. The molecule has 0 radical (unpaired) electrons. The summed E-state index contributed by atoms with van der Waals surface area (Å²) in [7, 11) is 3.96. The Kier molecular flexibility index (Phi) is 3.82. The van der Waals surface area contributed by atoms with E-state index in [9.17, 15) is 5.11 Å². The van der Waals surface area contributed by atoms with Gasteiger partial charge in [-0.05, 0) is 25.8 Å². The molecule has 114 valence electrons. The van der Waals surface area contributed by atoms with Gasteiger partial charge >= 0.3 is 0 Å². The van der Waals surface area contributed by atoms with Crippen LogP contribution in [0.4, 0.5) is 0 Å². The van der Waals surface area contributed by atoms with E-state index in [0.29, 0.717) is 6.42 Å². The van der Waals surface area contributed by atoms with E-state index in [0.717, 1.165) is 44.1 Å². The van der Waals surface area contributed by atoms with Crippen LogP contribution in [0.1, 0.15) is 30.9 Å². The molecule has 2 aromatic rings. The summed E-state index contributed by atoms with van der Waals surface area (Å²) in [4.78, 5) is 11.1. The largest absolute Gasteiger partial charge is 0.382 e. The van der Waals surface area contributed by atoms with Crippen molar-refractivity contribution in [1.82, 2.24) is 24.0 Å². The lowest BCUT2D eigenvalue weighted by Gasteiger charge is -2.26. The van der Waals surface area contributed by atoms with Crippen molar-refractivity contribution in [2.45, 2.75) is 31.4 Å². The number of aliphatic hydroxyl groups is 1. The summed E-state index contributed by atoms with van der Waals surface area (Å²) in [5.74, 6) is 1.85. The van der Waals surface area contributed by atoms with E-state index < -0.39 is 5.60 Å². The Morgan fingerprint density at radius 3 is 2.52 bits per heavy atom. The number of aromatic nitrogens is 4. The molecular formula is C15H23N5O. The fourth-order valence-corrected chi connectivity index (χ4v) is 3.12. The average molecular weight is 289 g/mol. The van der Waals surface area contributed by atoms with E-state index in [1.807, 2.05) is 37.3 Å². The van der Waals surface area contributed by atoms with Gasteiger partial charge < -0.3 is 14.2 Å². The van der Waals surface area contributed by atoms with Crippen molar-refractivity contribution in [1.29, 1.82) is 0 Å². The van der Waals surface area contributed by atoms with Gasteiger partial charge in [-0.25, -0.2) is 9.97 Å². The van der Waals surface area contributed by atoms with E-state index in [-0.39, 0.29) is 0 Å². The smallest absolute Gasteiger partial charge is 0.140 e. The highest BCUT2D eigenvalue weighted by atomic mass is 16.3. The Balaban J connectivity index is 1.69. The van der Waals surface area contributed by atoms with Crippen molar-refractivity contribution in [3.63, 3.8) is 0 Å². The zero-order valence-corrected chi connectivity index (χ0v) is 12.7. The number of nitrogens with zero attached hydrogens (tertiary/aromatic N) is 5. The Hall–Kier alpha value is -1.66. The third kappa shape index (κ3) is 2.87. The topological polar surface area (TPSA) is 59.1 Å². The van der Waals surface area contributed by atoms with Gasteiger partial charge in [-0.3, -0.25) is 4.90 Å². The highest BCUT2D eigenvalue weighted by molar-refractivity contribution is 5.06. The summed E-state index contributed by atoms with van der Waals surface area (Å²) in [6.07, 6.45) is 9.88. The standard InChI is InChI=1S/C15H23N5O/c1-18-10-6-16-13(18)12-20-8-3-4-15(21,5-9-20)14-17-7-11-19(14)2/h6-7,10-11,21H,3-5,8-9,12H2,1-2H3. The molecule has 1 aliphatic rings. The molecule has 6 nitrogen and oxygen atoms in total. The molecule has 6 heteroatoms. The number of hydrogen-bond donors (Lipinski definition) is 1. The fourth-order valence-electron chi connectivity index (χ4n) is 3.12. The molecule has 0 saturated carbocycles. The van der Waals surface area contributed by atoms with E-state index in [1.165, 1.54) is 0 Å². The van der Waals surface area contributed by atoms with Gasteiger partial charge in [0.2, 0.25) is 0 Å². The van der Waals surface area contributed by atoms with Crippen molar-refractivity contribution < 1.29 is 5.11 Å². The average Bonchev–Trinajstić information content (AvgIpc) is 3.00. The number of likely N-dealkylation sites (tertiary alicyclic amines) is 1. The maximum Gasteiger partial charge on any atom is 0.140 e. The monoisotopic (exact) mass is 289 g/mol. The molecule has 0 aromatic carbocycles. The van der Waals surface area contributed by atoms with Crippen LogP contribution < -0.4 is 0 Å². The van der Waals surface area contributed by atoms with Crippen molar-refractivity contribution in [2.75, 3.05) is 13.1 Å². The van der Waals surface area contributed by atoms with Crippen molar-refractivity contribution in [2.24, 2.45) is 14.1 Å². The summed E-state index contributed by atoms with van der Waals surface area (Å²) < 4.78 is 3.98. The molecular weight excluding hydrogens is 266 g/mol. The molecule has 0 spiro atoms.